The van der Waals surface area contributed by atoms with Gasteiger partial charge in [-0.05, 0) is 80.5 Å². The van der Waals surface area contributed by atoms with Crippen molar-refractivity contribution in [3.8, 4) is 5.69 Å². The van der Waals surface area contributed by atoms with Gasteiger partial charge in [-0.25, -0.2) is 0 Å². The van der Waals surface area contributed by atoms with Gasteiger partial charge in [-0.3, -0.25) is 4.98 Å². The molecule has 1 aliphatic rings. The van der Waals surface area contributed by atoms with Crippen LogP contribution in [0.1, 0.15) is 54.5 Å². The lowest BCUT2D eigenvalue weighted by Gasteiger charge is -2.28. The molecule has 0 unspecified atom stereocenters. The fraction of sp³-hybridized carbons (Fsp3) is 0.333. The Morgan fingerprint density at radius 1 is 1.13 bits per heavy atom. The molecule has 1 aliphatic heterocycles. The maximum absolute atomic E-state index is 6.11. The number of aryl methyl sites for hydroxylation is 1. The summed E-state index contributed by atoms with van der Waals surface area (Å²) in [6.45, 7) is 7.48. The monoisotopic (exact) mass is 438 g/mol. The fourth-order valence-electron chi connectivity index (χ4n) is 4.39. The van der Waals surface area contributed by atoms with E-state index in [1.807, 2.05) is 30.5 Å². The number of hydrogen-bond acceptors (Lipinski definition) is 2. The van der Waals surface area contributed by atoms with E-state index in [4.69, 9.17) is 23.8 Å². The first-order chi connectivity index (χ1) is 14.5. The van der Waals surface area contributed by atoms with Crippen molar-refractivity contribution < 1.29 is 0 Å². The normalized spacial score (nSPS) is 18.7. The topological polar surface area (TPSA) is 33.1 Å². The van der Waals surface area contributed by atoms with Gasteiger partial charge in [0, 0.05) is 34.8 Å². The van der Waals surface area contributed by atoms with Gasteiger partial charge in [-0.15, -0.1) is 0 Å². The van der Waals surface area contributed by atoms with E-state index >= 15 is 0 Å². The zero-order chi connectivity index (χ0) is 21.3. The SMILES string of the molecule is CCCCN1C(=S)N[C@@H](c2ccccn2)[C@@H]1c1cc(C)n(-c2ccc(Cl)cc2)c1C. The van der Waals surface area contributed by atoms with E-state index in [-0.39, 0.29) is 12.1 Å². The second-order valence-electron chi connectivity index (χ2n) is 7.81. The highest BCUT2D eigenvalue weighted by Gasteiger charge is 2.41. The second-order valence-corrected chi connectivity index (χ2v) is 8.63. The van der Waals surface area contributed by atoms with E-state index in [0.29, 0.717) is 0 Å². The summed E-state index contributed by atoms with van der Waals surface area (Å²) in [6, 6.07) is 16.5. The minimum absolute atomic E-state index is 0.0229. The van der Waals surface area contributed by atoms with Crippen LogP contribution in [0.2, 0.25) is 5.02 Å². The minimum atomic E-state index is 0.0229. The quantitative estimate of drug-likeness (QED) is 0.484. The van der Waals surface area contributed by atoms with Crippen molar-refractivity contribution in [3.63, 3.8) is 0 Å². The summed E-state index contributed by atoms with van der Waals surface area (Å²) in [6.07, 6.45) is 4.08. The number of benzene rings is 1. The van der Waals surface area contributed by atoms with Crippen molar-refractivity contribution >= 4 is 28.9 Å². The maximum atomic E-state index is 6.11. The third-order valence-electron chi connectivity index (χ3n) is 5.82. The molecule has 4 rings (SSSR count). The van der Waals surface area contributed by atoms with Crippen LogP contribution in [0.4, 0.5) is 0 Å². The largest absolute Gasteiger partial charge is 0.352 e. The average molecular weight is 439 g/mol. The Hall–Kier alpha value is -2.37. The van der Waals surface area contributed by atoms with Crippen LogP contribution in [0.5, 0.6) is 0 Å². The standard InChI is InChI=1S/C24H27ClN4S/c1-4-5-14-28-23(22(27-24(28)30)21-8-6-7-13-26-21)20-15-16(2)29(17(20)3)19-11-9-18(25)10-12-19/h6-13,15,22-23H,4-5,14H2,1-3H3,(H,27,30)/t22-,23-/m0/s1. The van der Waals surface area contributed by atoms with Gasteiger partial charge in [0.15, 0.2) is 5.11 Å². The molecule has 6 heteroatoms. The smallest absolute Gasteiger partial charge is 0.170 e. The molecule has 3 aromatic rings. The third-order valence-corrected chi connectivity index (χ3v) is 6.43. The van der Waals surface area contributed by atoms with Crippen molar-refractivity contribution in [1.82, 2.24) is 19.8 Å². The van der Waals surface area contributed by atoms with E-state index in [9.17, 15) is 0 Å². The predicted octanol–water partition coefficient (Wildman–Crippen LogP) is 5.92. The predicted molar refractivity (Wildman–Crippen MR) is 127 cm³/mol. The summed E-state index contributed by atoms with van der Waals surface area (Å²) >= 11 is 11.9. The molecule has 3 heterocycles. The number of rotatable bonds is 6. The van der Waals surface area contributed by atoms with Crippen LogP contribution in [-0.4, -0.2) is 26.1 Å². The Morgan fingerprint density at radius 2 is 1.90 bits per heavy atom. The highest BCUT2D eigenvalue weighted by atomic mass is 35.5. The number of pyridine rings is 1. The van der Waals surface area contributed by atoms with Crippen LogP contribution in [0, 0.1) is 13.8 Å². The van der Waals surface area contributed by atoms with E-state index in [1.54, 1.807) is 0 Å². The Morgan fingerprint density at radius 3 is 2.57 bits per heavy atom. The lowest BCUT2D eigenvalue weighted by atomic mass is 9.96. The summed E-state index contributed by atoms with van der Waals surface area (Å²) in [5.74, 6) is 0. The van der Waals surface area contributed by atoms with E-state index < -0.39 is 0 Å². The van der Waals surface area contributed by atoms with Gasteiger partial charge in [0.25, 0.3) is 0 Å². The molecular weight excluding hydrogens is 412 g/mol. The lowest BCUT2D eigenvalue weighted by molar-refractivity contribution is 0.312. The van der Waals surface area contributed by atoms with Crippen molar-refractivity contribution in [2.24, 2.45) is 0 Å². The molecule has 0 saturated carbocycles. The first-order valence-corrected chi connectivity index (χ1v) is 11.2. The molecular formula is C24H27ClN4S. The molecule has 0 aliphatic carbocycles. The van der Waals surface area contributed by atoms with Crippen LogP contribution in [0.15, 0.2) is 54.7 Å². The number of halogens is 1. The van der Waals surface area contributed by atoms with Crippen LogP contribution in [-0.2, 0) is 0 Å². The van der Waals surface area contributed by atoms with Gasteiger partial charge in [0.2, 0.25) is 0 Å². The Labute approximate surface area is 188 Å². The molecule has 0 amide bonds. The molecule has 30 heavy (non-hydrogen) atoms. The molecule has 0 radical (unpaired) electrons. The minimum Gasteiger partial charge on any atom is -0.352 e. The van der Waals surface area contributed by atoms with E-state index in [2.05, 4.69) is 64.8 Å². The highest BCUT2D eigenvalue weighted by Crippen LogP contribution is 2.41. The summed E-state index contributed by atoms with van der Waals surface area (Å²) in [5.41, 5.74) is 5.82. The van der Waals surface area contributed by atoms with Gasteiger partial charge in [-0.1, -0.05) is 31.0 Å². The zero-order valence-electron chi connectivity index (χ0n) is 17.6. The number of aromatic nitrogens is 2. The summed E-state index contributed by atoms with van der Waals surface area (Å²) < 4.78 is 2.29. The molecule has 2 atom stereocenters. The molecule has 0 spiro atoms. The van der Waals surface area contributed by atoms with Gasteiger partial charge in [-0.2, -0.15) is 0 Å². The van der Waals surface area contributed by atoms with Crippen molar-refractivity contribution in [2.75, 3.05) is 6.54 Å². The molecule has 4 nitrogen and oxygen atoms in total. The summed E-state index contributed by atoms with van der Waals surface area (Å²) in [7, 11) is 0. The Kier molecular flexibility index (Phi) is 6.11. The average Bonchev–Trinajstić information content (AvgIpc) is 3.23. The van der Waals surface area contributed by atoms with Crippen LogP contribution in [0.3, 0.4) is 0 Å². The van der Waals surface area contributed by atoms with Crippen LogP contribution < -0.4 is 5.32 Å². The summed E-state index contributed by atoms with van der Waals surface area (Å²) in [5, 5.41) is 5.10. The first-order valence-electron chi connectivity index (χ1n) is 10.4. The number of thiocarbonyl (C=S) groups is 1. The Balaban J connectivity index is 1.81. The van der Waals surface area contributed by atoms with Gasteiger partial charge in [0.05, 0.1) is 17.8 Å². The van der Waals surface area contributed by atoms with E-state index in [0.717, 1.165) is 40.9 Å². The van der Waals surface area contributed by atoms with Crippen molar-refractivity contribution in [1.29, 1.82) is 0 Å². The second kappa shape index (κ2) is 8.78. The number of unbranched alkanes of at least 4 members (excludes halogenated alkanes) is 1. The van der Waals surface area contributed by atoms with Crippen molar-refractivity contribution in [2.45, 2.75) is 45.7 Å². The maximum Gasteiger partial charge on any atom is 0.170 e. The van der Waals surface area contributed by atoms with Crippen LogP contribution >= 0.6 is 23.8 Å². The van der Waals surface area contributed by atoms with Crippen LogP contribution in [0.25, 0.3) is 5.69 Å². The molecule has 1 fully saturated rings. The third kappa shape index (κ3) is 3.84. The fourth-order valence-corrected chi connectivity index (χ4v) is 4.85. The molecule has 1 saturated heterocycles. The van der Waals surface area contributed by atoms with Gasteiger partial charge < -0.3 is 14.8 Å². The highest BCUT2D eigenvalue weighted by molar-refractivity contribution is 7.80. The molecule has 0 bridgehead atoms. The number of hydrogen-bond donors (Lipinski definition) is 1. The summed E-state index contributed by atoms with van der Waals surface area (Å²) in [4.78, 5) is 6.98. The van der Waals surface area contributed by atoms with Crippen molar-refractivity contribution in [3.05, 3.63) is 82.4 Å². The Bertz CT molecular complexity index is 1030. The van der Waals surface area contributed by atoms with E-state index in [1.165, 1.54) is 17.0 Å². The zero-order valence-corrected chi connectivity index (χ0v) is 19.2. The van der Waals surface area contributed by atoms with Gasteiger partial charge >= 0.3 is 0 Å². The molecule has 1 aromatic carbocycles. The molecule has 1 N–H and O–H groups in total. The molecule has 156 valence electrons. The van der Waals surface area contributed by atoms with Gasteiger partial charge in [0.1, 0.15) is 0 Å². The first kappa shape index (κ1) is 20.9. The number of nitrogens with zero attached hydrogens (tertiary/aromatic N) is 3. The number of nitrogens with one attached hydrogen (secondary N) is 1. The lowest BCUT2D eigenvalue weighted by Crippen LogP contribution is -2.30. The molecule has 2 aromatic heterocycles.